The highest BCUT2D eigenvalue weighted by Gasteiger charge is 2.38. The average Bonchev–Trinajstić information content (AvgIpc) is 2.96. The van der Waals surface area contributed by atoms with Crippen molar-refractivity contribution in [1.29, 1.82) is 0 Å². The van der Waals surface area contributed by atoms with Gasteiger partial charge in [0.1, 0.15) is 0 Å². The maximum atomic E-state index is 6.17. The fourth-order valence-electron chi connectivity index (χ4n) is 2.19. The Morgan fingerprint density at radius 1 is 1.25 bits per heavy atom. The van der Waals surface area contributed by atoms with Gasteiger partial charge in [-0.05, 0) is 36.5 Å². The van der Waals surface area contributed by atoms with Crippen molar-refractivity contribution in [3.63, 3.8) is 0 Å². The highest BCUT2D eigenvalue weighted by Crippen LogP contribution is 2.39. The lowest BCUT2D eigenvalue weighted by molar-refractivity contribution is 0.353. The summed E-state index contributed by atoms with van der Waals surface area (Å²) in [5.41, 5.74) is 1.05. The van der Waals surface area contributed by atoms with E-state index in [9.17, 15) is 0 Å². The van der Waals surface area contributed by atoms with Crippen LogP contribution in [0.2, 0.25) is 10.0 Å². The first-order valence-corrected chi connectivity index (χ1v) is 6.48. The van der Waals surface area contributed by atoms with Gasteiger partial charge in [-0.3, -0.25) is 0 Å². The highest BCUT2D eigenvalue weighted by molar-refractivity contribution is 6.36. The molecule has 0 aliphatic carbocycles. The zero-order valence-corrected chi connectivity index (χ0v) is 11.1. The molecule has 16 heavy (non-hydrogen) atoms. The standard InChI is InChI=1S/C13H16Cl2O/c1-3-11-12(16-11)7-8(2)13-9(14)5-4-6-10(13)15/h4-6,8,11-12H,3,7H2,1-2H3. The summed E-state index contributed by atoms with van der Waals surface area (Å²) < 4.78 is 5.55. The molecule has 88 valence electrons. The lowest BCUT2D eigenvalue weighted by atomic mass is 9.95. The zero-order valence-electron chi connectivity index (χ0n) is 9.54. The summed E-state index contributed by atoms with van der Waals surface area (Å²) in [4.78, 5) is 0. The van der Waals surface area contributed by atoms with Crippen LogP contribution in [0.3, 0.4) is 0 Å². The lowest BCUT2D eigenvalue weighted by Crippen LogP contribution is -2.02. The van der Waals surface area contributed by atoms with Crippen molar-refractivity contribution in [2.75, 3.05) is 0 Å². The summed E-state index contributed by atoms with van der Waals surface area (Å²) in [7, 11) is 0. The number of benzene rings is 1. The Hall–Kier alpha value is -0.240. The summed E-state index contributed by atoms with van der Waals surface area (Å²) in [6.07, 6.45) is 2.94. The normalized spacial score (nSPS) is 25.5. The summed E-state index contributed by atoms with van der Waals surface area (Å²) in [6.45, 7) is 4.30. The smallest absolute Gasteiger partial charge is 0.0847 e. The van der Waals surface area contributed by atoms with E-state index in [4.69, 9.17) is 27.9 Å². The quantitative estimate of drug-likeness (QED) is 0.716. The lowest BCUT2D eigenvalue weighted by Gasteiger charge is -2.14. The van der Waals surface area contributed by atoms with Gasteiger partial charge in [-0.1, -0.05) is 43.1 Å². The molecule has 1 aromatic carbocycles. The molecule has 1 fully saturated rings. The van der Waals surface area contributed by atoms with Crippen molar-refractivity contribution in [2.45, 2.75) is 44.8 Å². The fourth-order valence-corrected chi connectivity index (χ4v) is 2.96. The molecule has 3 heteroatoms. The molecule has 3 unspecified atom stereocenters. The molecular weight excluding hydrogens is 243 g/mol. The Balaban J connectivity index is 2.06. The van der Waals surface area contributed by atoms with E-state index in [1.807, 2.05) is 18.2 Å². The largest absolute Gasteiger partial charge is 0.370 e. The van der Waals surface area contributed by atoms with Gasteiger partial charge in [0.25, 0.3) is 0 Å². The molecule has 1 aliphatic rings. The van der Waals surface area contributed by atoms with E-state index in [0.717, 1.165) is 28.5 Å². The van der Waals surface area contributed by atoms with Crippen LogP contribution in [0, 0.1) is 0 Å². The van der Waals surface area contributed by atoms with Gasteiger partial charge in [-0.25, -0.2) is 0 Å². The third-order valence-electron chi connectivity index (χ3n) is 3.17. The minimum atomic E-state index is 0.350. The average molecular weight is 259 g/mol. The van der Waals surface area contributed by atoms with Gasteiger partial charge in [-0.15, -0.1) is 0 Å². The minimum absolute atomic E-state index is 0.350. The van der Waals surface area contributed by atoms with Crippen LogP contribution in [0.15, 0.2) is 18.2 Å². The van der Waals surface area contributed by atoms with E-state index in [1.165, 1.54) is 0 Å². The van der Waals surface area contributed by atoms with Crippen LogP contribution in [-0.4, -0.2) is 12.2 Å². The summed E-state index contributed by atoms with van der Waals surface area (Å²) in [5, 5.41) is 1.52. The molecule has 0 spiro atoms. The molecule has 3 atom stereocenters. The summed E-state index contributed by atoms with van der Waals surface area (Å²) in [5.74, 6) is 0.350. The van der Waals surface area contributed by atoms with Crippen LogP contribution in [0.25, 0.3) is 0 Å². The van der Waals surface area contributed by atoms with Crippen molar-refractivity contribution in [1.82, 2.24) is 0 Å². The highest BCUT2D eigenvalue weighted by atomic mass is 35.5. The Labute approximate surface area is 107 Å². The van der Waals surface area contributed by atoms with Crippen molar-refractivity contribution in [2.24, 2.45) is 0 Å². The molecule has 2 rings (SSSR count). The molecule has 0 radical (unpaired) electrons. The fraction of sp³-hybridized carbons (Fsp3) is 0.538. The second-order valence-corrected chi connectivity index (χ2v) is 5.21. The van der Waals surface area contributed by atoms with E-state index in [0.29, 0.717) is 18.1 Å². The molecule has 0 aromatic heterocycles. The number of epoxide rings is 1. The van der Waals surface area contributed by atoms with Crippen LogP contribution in [0.1, 0.15) is 38.2 Å². The first-order valence-electron chi connectivity index (χ1n) is 5.72. The van der Waals surface area contributed by atoms with Crippen molar-refractivity contribution >= 4 is 23.2 Å². The van der Waals surface area contributed by atoms with E-state index >= 15 is 0 Å². The minimum Gasteiger partial charge on any atom is -0.370 e. The molecule has 0 N–H and O–H groups in total. The van der Waals surface area contributed by atoms with Crippen LogP contribution in [-0.2, 0) is 4.74 Å². The Bertz CT molecular complexity index is 358. The Morgan fingerprint density at radius 3 is 2.38 bits per heavy atom. The molecule has 1 heterocycles. The Kier molecular flexibility index (Phi) is 3.78. The summed E-state index contributed by atoms with van der Waals surface area (Å²) in [6, 6.07) is 5.66. The molecular formula is C13H16Cl2O. The van der Waals surface area contributed by atoms with Gasteiger partial charge in [0.15, 0.2) is 0 Å². The van der Waals surface area contributed by atoms with Crippen LogP contribution in [0.5, 0.6) is 0 Å². The second-order valence-electron chi connectivity index (χ2n) is 4.39. The molecule has 1 aliphatic heterocycles. The van der Waals surface area contributed by atoms with E-state index in [1.54, 1.807) is 0 Å². The molecule has 1 nitrogen and oxygen atoms in total. The van der Waals surface area contributed by atoms with Gasteiger partial charge in [0.2, 0.25) is 0 Å². The molecule has 1 aromatic rings. The molecule has 1 saturated heterocycles. The van der Waals surface area contributed by atoms with Crippen LogP contribution >= 0.6 is 23.2 Å². The van der Waals surface area contributed by atoms with Gasteiger partial charge < -0.3 is 4.74 Å². The van der Waals surface area contributed by atoms with Crippen molar-refractivity contribution in [3.05, 3.63) is 33.8 Å². The predicted octanol–water partition coefficient (Wildman–Crippen LogP) is 4.66. The van der Waals surface area contributed by atoms with Gasteiger partial charge in [-0.2, -0.15) is 0 Å². The Morgan fingerprint density at radius 2 is 1.88 bits per heavy atom. The van der Waals surface area contributed by atoms with Gasteiger partial charge >= 0.3 is 0 Å². The number of ether oxygens (including phenoxy) is 1. The third-order valence-corrected chi connectivity index (χ3v) is 3.83. The second kappa shape index (κ2) is 4.95. The SMILES string of the molecule is CCC1OC1CC(C)c1c(Cl)cccc1Cl. The maximum absolute atomic E-state index is 6.17. The van der Waals surface area contributed by atoms with Gasteiger partial charge in [0.05, 0.1) is 12.2 Å². The van der Waals surface area contributed by atoms with E-state index in [2.05, 4.69) is 13.8 Å². The van der Waals surface area contributed by atoms with E-state index < -0.39 is 0 Å². The zero-order chi connectivity index (χ0) is 11.7. The number of hydrogen-bond donors (Lipinski definition) is 0. The molecule has 0 saturated carbocycles. The maximum Gasteiger partial charge on any atom is 0.0847 e. The monoisotopic (exact) mass is 258 g/mol. The predicted molar refractivity (Wildman–Crippen MR) is 68.4 cm³/mol. The first kappa shape index (κ1) is 12.2. The number of hydrogen-bond acceptors (Lipinski definition) is 1. The van der Waals surface area contributed by atoms with E-state index in [-0.39, 0.29) is 0 Å². The number of rotatable bonds is 4. The molecule has 0 bridgehead atoms. The van der Waals surface area contributed by atoms with Gasteiger partial charge in [0, 0.05) is 10.0 Å². The van der Waals surface area contributed by atoms with Crippen LogP contribution < -0.4 is 0 Å². The first-order chi connectivity index (χ1) is 7.63. The topological polar surface area (TPSA) is 12.5 Å². The van der Waals surface area contributed by atoms with Crippen molar-refractivity contribution < 1.29 is 4.74 Å². The third kappa shape index (κ3) is 2.53. The molecule has 0 amide bonds. The van der Waals surface area contributed by atoms with Crippen molar-refractivity contribution in [3.8, 4) is 0 Å². The number of halogens is 2. The summed E-state index contributed by atoms with van der Waals surface area (Å²) >= 11 is 12.3. The van der Waals surface area contributed by atoms with Crippen LogP contribution in [0.4, 0.5) is 0 Å².